The van der Waals surface area contributed by atoms with Crippen LogP contribution in [0, 0.1) is 0 Å². The van der Waals surface area contributed by atoms with E-state index in [9.17, 15) is 9.59 Å². The fourth-order valence-corrected chi connectivity index (χ4v) is 6.14. The Morgan fingerprint density at radius 2 is 0.833 bits per heavy atom. The second kappa shape index (κ2) is 45.0. The van der Waals surface area contributed by atoms with Gasteiger partial charge in [-0.25, -0.2) is 0 Å². The Labute approximate surface area is 334 Å². The van der Waals surface area contributed by atoms with Crippen molar-refractivity contribution in [3.05, 3.63) is 60.8 Å². The third-order valence-electron chi connectivity index (χ3n) is 9.54. The third kappa shape index (κ3) is 42.3. The third-order valence-corrected chi connectivity index (χ3v) is 9.54. The number of carbonyl (C=O) groups excluding carboxylic acids is 2. The van der Waals surface area contributed by atoms with Crippen LogP contribution in [-0.2, 0) is 23.8 Å². The van der Waals surface area contributed by atoms with Gasteiger partial charge in [-0.1, -0.05) is 178 Å². The van der Waals surface area contributed by atoms with Gasteiger partial charge in [0, 0.05) is 19.4 Å². The van der Waals surface area contributed by atoms with Gasteiger partial charge in [0.15, 0.2) is 6.10 Å². The van der Waals surface area contributed by atoms with Crippen molar-refractivity contribution in [1.82, 2.24) is 0 Å². The second-order valence-corrected chi connectivity index (χ2v) is 14.9. The van der Waals surface area contributed by atoms with Gasteiger partial charge in [0.2, 0.25) is 0 Å². The molecule has 0 spiro atoms. The van der Waals surface area contributed by atoms with E-state index < -0.39 is 6.10 Å². The molecule has 0 aromatic rings. The molecule has 0 aliphatic heterocycles. The molecule has 0 aromatic heterocycles. The van der Waals surface area contributed by atoms with Crippen molar-refractivity contribution in [3.63, 3.8) is 0 Å². The molecule has 0 N–H and O–H groups in total. The zero-order valence-corrected chi connectivity index (χ0v) is 35.7. The van der Waals surface area contributed by atoms with Crippen molar-refractivity contribution in [3.8, 4) is 0 Å². The molecule has 5 nitrogen and oxygen atoms in total. The van der Waals surface area contributed by atoms with E-state index in [0.29, 0.717) is 19.4 Å². The smallest absolute Gasteiger partial charge is 0.306 e. The summed E-state index contributed by atoms with van der Waals surface area (Å²) in [7, 11) is 0. The zero-order chi connectivity index (χ0) is 39.3. The Hall–Kier alpha value is -2.40. The Morgan fingerprint density at radius 1 is 0.426 bits per heavy atom. The molecule has 5 heteroatoms. The average Bonchev–Trinajstić information content (AvgIpc) is 3.17. The average molecular weight is 755 g/mol. The van der Waals surface area contributed by atoms with Gasteiger partial charge in [-0.3, -0.25) is 9.59 Å². The highest BCUT2D eigenvalue weighted by atomic mass is 16.6. The molecule has 0 saturated carbocycles. The maximum absolute atomic E-state index is 12.7. The number of ether oxygens (including phenoxy) is 3. The molecule has 0 amide bonds. The van der Waals surface area contributed by atoms with E-state index in [-0.39, 0.29) is 25.2 Å². The summed E-state index contributed by atoms with van der Waals surface area (Å²) in [4.78, 5) is 25.2. The summed E-state index contributed by atoms with van der Waals surface area (Å²) >= 11 is 0. The van der Waals surface area contributed by atoms with Gasteiger partial charge in [0.1, 0.15) is 6.61 Å². The maximum Gasteiger partial charge on any atom is 0.306 e. The second-order valence-electron chi connectivity index (χ2n) is 14.9. The minimum absolute atomic E-state index is 0.0694. The molecule has 0 aliphatic carbocycles. The zero-order valence-electron chi connectivity index (χ0n) is 35.7. The summed E-state index contributed by atoms with van der Waals surface area (Å²) in [6, 6.07) is 0. The highest BCUT2D eigenvalue weighted by Crippen LogP contribution is 2.12. The predicted molar refractivity (Wildman–Crippen MR) is 233 cm³/mol. The molecule has 0 aromatic carbocycles. The van der Waals surface area contributed by atoms with Crippen LogP contribution in [0.1, 0.15) is 213 Å². The van der Waals surface area contributed by atoms with E-state index in [1.807, 2.05) is 0 Å². The van der Waals surface area contributed by atoms with Crippen LogP contribution in [-0.4, -0.2) is 37.9 Å². The lowest BCUT2D eigenvalue weighted by atomic mass is 10.1. The Balaban J connectivity index is 4.25. The monoisotopic (exact) mass is 755 g/mol. The molecule has 0 aliphatic rings. The van der Waals surface area contributed by atoms with Crippen molar-refractivity contribution >= 4 is 11.9 Å². The van der Waals surface area contributed by atoms with Crippen molar-refractivity contribution in [2.75, 3.05) is 19.8 Å². The van der Waals surface area contributed by atoms with Gasteiger partial charge in [0.05, 0.1) is 6.61 Å². The van der Waals surface area contributed by atoms with E-state index >= 15 is 0 Å². The van der Waals surface area contributed by atoms with Gasteiger partial charge in [-0.05, 0) is 83.5 Å². The SMILES string of the molecule is CC/C=C\C/C=C\C/C=C\C/C=C\CCCCCCC(=O)OCC(COCCCCCCCCCC)OC(=O)CCCCCCC/C=C\CCCCCC. The van der Waals surface area contributed by atoms with Gasteiger partial charge in [-0.2, -0.15) is 0 Å². The first kappa shape index (κ1) is 51.6. The number of hydrogen-bond acceptors (Lipinski definition) is 5. The lowest BCUT2D eigenvalue weighted by Gasteiger charge is -2.18. The molecule has 0 bridgehead atoms. The van der Waals surface area contributed by atoms with Crippen LogP contribution < -0.4 is 0 Å². The van der Waals surface area contributed by atoms with Crippen LogP contribution in [0.25, 0.3) is 0 Å². The summed E-state index contributed by atoms with van der Waals surface area (Å²) in [6.45, 7) is 7.65. The Kier molecular flexibility index (Phi) is 43.0. The molecule has 54 heavy (non-hydrogen) atoms. The van der Waals surface area contributed by atoms with E-state index in [0.717, 1.165) is 96.3 Å². The quantitative estimate of drug-likeness (QED) is 0.0353. The van der Waals surface area contributed by atoms with Crippen molar-refractivity contribution in [1.29, 1.82) is 0 Å². The molecule has 1 unspecified atom stereocenters. The van der Waals surface area contributed by atoms with Crippen molar-refractivity contribution in [2.24, 2.45) is 0 Å². The minimum Gasteiger partial charge on any atom is -0.462 e. The standard InChI is InChI=1S/C49H86O5/c1-4-7-10-13-16-19-21-23-24-25-26-28-29-31-33-36-39-42-48(50)53-46-47(45-52-44-41-38-35-18-15-12-9-6-3)54-49(51)43-40-37-34-32-30-27-22-20-17-14-11-8-5-2/h7,10,16,19-20,22-24,26,28,47H,4-6,8-9,11-15,17-18,21,25,27,29-46H2,1-3H3/b10-7-,19-16-,22-20-,24-23-,28-26-. The van der Waals surface area contributed by atoms with E-state index in [1.165, 1.54) is 83.5 Å². The lowest BCUT2D eigenvalue weighted by Crippen LogP contribution is -2.30. The molecule has 0 radical (unpaired) electrons. The molecular weight excluding hydrogens is 669 g/mol. The topological polar surface area (TPSA) is 61.8 Å². The van der Waals surface area contributed by atoms with Crippen LogP contribution in [0.15, 0.2) is 60.8 Å². The summed E-state index contributed by atoms with van der Waals surface area (Å²) in [5.74, 6) is -0.435. The molecular formula is C49H86O5. The lowest BCUT2D eigenvalue weighted by molar-refractivity contribution is -0.163. The van der Waals surface area contributed by atoms with E-state index in [4.69, 9.17) is 14.2 Å². The minimum atomic E-state index is -0.546. The van der Waals surface area contributed by atoms with Crippen molar-refractivity contribution in [2.45, 2.75) is 219 Å². The first-order valence-electron chi connectivity index (χ1n) is 22.8. The fraction of sp³-hybridized carbons (Fsp3) is 0.755. The fourth-order valence-electron chi connectivity index (χ4n) is 6.14. The van der Waals surface area contributed by atoms with E-state index in [2.05, 4.69) is 81.5 Å². The molecule has 0 fully saturated rings. The molecule has 312 valence electrons. The number of unbranched alkanes of at least 4 members (excludes halogenated alkanes) is 20. The normalized spacial score (nSPS) is 12.7. The van der Waals surface area contributed by atoms with Crippen LogP contribution in [0.3, 0.4) is 0 Å². The summed E-state index contributed by atoms with van der Waals surface area (Å²) in [5, 5.41) is 0. The summed E-state index contributed by atoms with van der Waals surface area (Å²) < 4.78 is 17.2. The largest absolute Gasteiger partial charge is 0.462 e. The van der Waals surface area contributed by atoms with E-state index in [1.54, 1.807) is 0 Å². The summed E-state index contributed by atoms with van der Waals surface area (Å²) in [5.41, 5.74) is 0. The molecule has 0 rings (SSSR count). The highest BCUT2D eigenvalue weighted by Gasteiger charge is 2.17. The number of esters is 2. The maximum atomic E-state index is 12.7. The number of allylic oxidation sites excluding steroid dienone is 10. The van der Waals surface area contributed by atoms with Gasteiger partial charge in [0.25, 0.3) is 0 Å². The van der Waals surface area contributed by atoms with Gasteiger partial charge >= 0.3 is 11.9 Å². The Morgan fingerprint density at radius 3 is 1.37 bits per heavy atom. The Bertz CT molecular complexity index is 946. The predicted octanol–water partition coefficient (Wildman–Crippen LogP) is 15.0. The van der Waals surface area contributed by atoms with Crippen LogP contribution in [0.4, 0.5) is 0 Å². The first-order valence-corrected chi connectivity index (χ1v) is 22.8. The molecule has 0 heterocycles. The summed E-state index contributed by atoms with van der Waals surface area (Å²) in [6.07, 6.45) is 55.0. The first-order chi connectivity index (χ1) is 26.6. The van der Waals surface area contributed by atoms with Crippen molar-refractivity contribution < 1.29 is 23.8 Å². The highest BCUT2D eigenvalue weighted by molar-refractivity contribution is 5.70. The van der Waals surface area contributed by atoms with Gasteiger partial charge < -0.3 is 14.2 Å². The molecule has 1 atom stereocenters. The van der Waals surface area contributed by atoms with Crippen LogP contribution in [0.5, 0.6) is 0 Å². The molecule has 0 saturated heterocycles. The van der Waals surface area contributed by atoms with Crippen LogP contribution >= 0.6 is 0 Å². The number of hydrogen-bond donors (Lipinski definition) is 0. The van der Waals surface area contributed by atoms with Crippen LogP contribution in [0.2, 0.25) is 0 Å². The number of rotatable bonds is 41. The van der Waals surface area contributed by atoms with Gasteiger partial charge in [-0.15, -0.1) is 0 Å². The number of carbonyl (C=O) groups is 2.